The Morgan fingerprint density at radius 2 is 0.911 bits per heavy atom. The minimum absolute atomic E-state index is 0.0892. The molecule has 1 aromatic heterocycles. The van der Waals surface area contributed by atoms with Crippen LogP contribution in [0, 0.1) is 0 Å². The van der Waals surface area contributed by atoms with Crippen molar-refractivity contribution >= 4 is 48.6 Å². The van der Waals surface area contributed by atoms with Gasteiger partial charge in [-0.15, -0.1) is 11.3 Å². The van der Waals surface area contributed by atoms with E-state index in [1.165, 1.54) is 92.6 Å². The average Bonchev–Trinajstić information content (AvgIpc) is 3.82. The number of para-hydroxylation sites is 1. The summed E-state index contributed by atoms with van der Waals surface area (Å²) in [6, 6.07) is 65.7. The third-order valence-electron chi connectivity index (χ3n) is 12.7. The van der Waals surface area contributed by atoms with E-state index in [0.717, 1.165) is 11.4 Å². The van der Waals surface area contributed by atoms with Crippen molar-refractivity contribution in [3.05, 3.63) is 198 Å². The molecule has 2 aliphatic carbocycles. The standard InChI is InChI=1S/C54H41NS/c1-53(2)43-26-9-5-21-41(43)50-39(24-15-28-45(50)53)37-19-7-11-30-47(37)55(48-31-16-29-46-51(48)42-22-6-10-27-44(42)54(46,3)4)35-18-13-17-34(33-35)36-23-14-25-40-38-20-8-12-32-49(38)56-52(36)40/h5-33H,1-4H3. The number of nitrogens with zero attached hydrogens (tertiary/aromatic N) is 1. The zero-order chi connectivity index (χ0) is 37.8. The van der Waals surface area contributed by atoms with Gasteiger partial charge in [-0.2, -0.15) is 0 Å². The zero-order valence-corrected chi connectivity index (χ0v) is 32.9. The van der Waals surface area contributed by atoms with Crippen molar-refractivity contribution in [2.75, 3.05) is 4.90 Å². The van der Waals surface area contributed by atoms with Crippen molar-refractivity contribution in [1.29, 1.82) is 0 Å². The van der Waals surface area contributed by atoms with Crippen molar-refractivity contribution in [2.24, 2.45) is 0 Å². The number of fused-ring (bicyclic) bond motifs is 9. The maximum absolute atomic E-state index is 2.55. The Morgan fingerprint density at radius 3 is 1.70 bits per heavy atom. The van der Waals surface area contributed by atoms with Crippen LogP contribution in [0.25, 0.3) is 64.7 Å². The smallest absolute Gasteiger partial charge is 0.0543 e. The summed E-state index contributed by atoms with van der Waals surface area (Å²) in [5, 5.41) is 2.64. The lowest BCUT2D eigenvalue weighted by Gasteiger charge is -2.31. The molecular formula is C54H41NS. The van der Waals surface area contributed by atoms with Crippen molar-refractivity contribution in [1.82, 2.24) is 0 Å². The number of thiophene rings is 1. The summed E-state index contributed by atoms with van der Waals surface area (Å²) >= 11 is 1.89. The largest absolute Gasteiger partial charge is 0.309 e. The average molecular weight is 736 g/mol. The third kappa shape index (κ3) is 4.66. The van der Waals surface area contributed by atoms with Crippen LogP contribution in [-0.4, -0.2) is 0 Å². The Morgan fingerprint density at radius 1 is 0.393 bits per heavy atom. The summed E-state index contributed by atoms with van der Waals surface area (Å²) in [5.74, 6) is 0. The molecule has 1 heterocycles. The highest BCUT2D eigenvalue weighted by atomic mass is 32.1. The zero-order valence-electron chi connectivity index (χ0n) is 32.1. The lowest BCUT2D eigenvalue weighted by Crippen LogP contribution is -2.16. The van der Waals surface area contributed by atoms with Gasteiger partial charge in [0.15, 0.2) is 0 Å². The van der Waals surface area contributed by atoms with Crippen LogP contribution >= 0.6 is 11.3 Å². The molecule has 2 heteroatoms. The molecule has 0 radical (unpaired) electrons. The number of hydrogen-bond donors (Lipinski definition) is 0. The Labute approximate surface area is 333 Å². The molecule has 0 saturated heterocycles. The van der Waals surface area contributed by atoms with E-state index in [0.29, 0.717) is 0 Å². The lowest BCUT2D eigenvalue weighted by molar-refractivity contribution is 0.660. The first-order chi connectivity index (χ1) is 27.3. The van der Waals surface area contributed by atoms with Crippen LogP contribution in [0.2, 0.25) is 0 Å². The molecule has 11 rings (SSSR count). The van der Waals surface area contributed by atoms with Crippen molar-refractivity contribution < 1.29 is 0 Å². The second kappa shape index (κ2) is 12.1. The van der Waals surface area contributed by atoms with Gasteiger partial charge in [-0.05, 0) is 86.0 Å². The minimum Gasteiger partial charge on any atom is -0.309 e. The van der Waals surface area contributed by atoms with Gasteiger partial charge in [-0.3, -0.25) is 0 Å². The van der Waals surface area contributed by atoms with Crippen LogP contribution in [0.5, 0.6) is 0 Å². The molecule has 0 aliphatic heterocycles. The molecular weight excluding hydrogens is 695 g/mol. The van der Waals surface area contributed by atoms with Gasteiger partial charge in [0.1, 0.15) is 0 Å². The first-order valence-electron chi connectivity index (χ1n) is 19.7. The molecule has 2 aliphatic rings. The molecule has 268 valence electrons. The topological polar surface area (TPSA) is 3.24 Å². The van der Waals surface area contributed by atoms with E-state index >= 15 is 0 Å². The number of anilines is 3. The van der Waals surface area contributed by atoms with Gasteiger partial charge >= 0.3 is 0 Å². The van der Waals surface area contributed by atoms with E-state index in [4.69, 9.17) is 0 Å². The van der Waals surface area contributed by atoms with Gasteiger partial charge in [0, 0.05) is 47.8 Å². The molecule has 0 amide bonds. The Kier molecular flexibility index (Phi) is 7.18. The fourth-order valence-electron chi connectivity index (χ4n) is 9.99. The third-order valence-corrected chi connectivity index (χ3v) is 13.9. The molecule has 0 bridgehead atoms. The SMILES string of the molecule is CC1(C)c2ccccc2-c2c(-c3ccccc3N(c3cccc(-c4cccc5c4sc4ccccc45)c3)c3cccc4c3-c3ccccc3C4(C)C)cccc21. The highest BCUT2D eigenvalue weighted by Crippen LogP contribution is 2.57. The van der Waals surface area contributed by atoms with Crippen molar-refractivity contribution in [2.45, 2.75) is 38.5 Å². The summed E-state index contributed by atoms with van der Waals surface area (Å²) in [7, 11) is 0. The maximum Gasteiger partial charge on any atom is 0.0543 e. The molecule has 8 aromatic carbocycles. The van der Waals surface area contributed by atoms with Gasteiger partial charge in [0.25, 0.3) is 0 Å². The fraction of sp³-hybridized carbons (Fsp3) is 0.111. The van der Waals surface area contributed by atoms with Crippen LogP contribution in [0.3, 0.4) is 0 Å². The van der Waals surface area contributed by atoms with Crippen LogP contribution in [0.4, 0.5) is 17.1 Å². The fourth-order valence-corrected chi connectivity index (χ4v) is 11.2. The first-order valence-corrected chi connectivity index (χ1v) is 20.5. The number of benzene rings is 8. The molecule has 0 atom stereocenters. The van der Waals surface area contributed by atoms with Gasteiger partial charge < -0.3 is 4.90 Å². The second-order valence-electron chi connectivity index (χ2n) is 16.5. The van der Waals surface area contributed by atoms with E-state index in [9.17, 15) is 0 Å². The monoisotopic (exact) mass is 735 g/mol. The van der Waals surface area contributed by atoms with Gasteiger partial charge in [0.05, 0.1) is 11.4 Å². The molecule has 0 fully saturated rings. The van der Waals surface area contributed by atoms with Gasteiger partial charge in [-0.25, -0.2) is 0 Å². The van der Waals surface area contributed by atoms with Crippen LogP contribution in [0.15, 0.2) is 176 Å². The summed E-state index contributed by atoms with van der Waals surface area (Å²) in [6.45, 7) is 9.49. The highest BCUT2D eigenvalue weighted by Gasteiger charge is 2.39. The molecule has 0 N–H and O–H groups in total. The lowest BCUT2D eigenvalue weighted by atomic mass is 9.82. The summed E-state index contributed by atoms with van der Waals surface area (Å²) in [6.07, 6.45) is 0. The van der Waals surface area contributed by atoms with E-state index in [1.54, 1.807) is 0 Å². The second-order valence-corrected chi connectivity index (χ2v) is 17.5. The molecule has 0 saturated carbocycles. The normalized spacial score (nSPS) is 14.4. The Balaban J connectivity index is 1.19. The Hall–Kier alpha value is -6.22. The van der Waals surface area contributed by atoms with E-state index in [-0.39, 0.29) is 10.8 Å². The predicted molar refractivity (Wildman–Crippen MR) is 240 cm³/mol. The molecule has 1 nitrogen and oxygen atoms in total. The van der Waals surface area contributed by atoms with Gasteiger partial charge in [-0.1, -0.05) is 173 Å². The maximum atomic E-state index is 2.55. The van der Waals surface area contributed by atoms with E-state index < -0.39 is 0 Å². The van der Waals surface area contributed by atoms with Crippen molar-refractivity contribution in [3.8, 4) is 44.5 Å². The van der Waals surface area contributed by atoms with Crippen LogP contribution in [-0.2, 0) is 10.8 Å². The molecule has 9 aromatic rings. The summed E-state index contributed by atoms with van der Waals surface area (Å²) in [4.78, 5) is 2.55. The summed E-state index contributed by atoms with van der Waals surface area (Å²) in [5.41, 5.74) is 19.1. The quantitative estimate of drug-likeness (QED) is 0.170. The number of hydrogen-bond acceptors (Lipinski definition) is 2. The van der Waals surface area contributed by atoms with E-state index in [1.807, 2.05) is 11.3 Å². The van der Waals surface area contributed by atoms with Gasteiger partial charge in [0.2, 0.25) is 0 Å². The van der Waals surface area contributed by atoms with E-state index in [2.05, 4.69) is 209 Å². The Bertz CT molecular complexity index is 3050. The highest BCUT2D eigenvalue weighted by molar-refractivity contribution is 7.26. The predicted octanol–water partition coefficient (Wildman–Crippen LogP) is 15.5. The molecule has 0 unspecified atom stereocenters. The number of rotatable bonds is 5. The molecule has 0 spiro atoms. The first kappa shape index (κ1) is 33.1. The van der Waals surface area contributed by atoms with Crippen LogP contribution in [0.1, 0.15) is 49.9 Å². The summed E-state index contributed by atoms with van der Waals surface area (Å²) < 4.78 is 2.65. The minimum atomic E-state index is -0.124. The van der Waals surface area contributed by atoms with Crippen LogP contribution < -0.4 is 4.90 Å². The molecule has 56 heavy (non-hydrogen) atoms. The van der Waals surface area contributed by atoms with Crippen molar-refractivity contribution in [3.63, 3.8) is 0 Å².